The van der Waals surface area contributed by atoms with E-state index in [-0.39, 0.29) is 6.42 Å². The number of urea groups is 1. The topological polar surface area (TPSA) is 134 Å². The summed E-state index contributed by atoms with van der Waals surface area (Å²) in [7, 11) is 0. The molecule has 3 amide bonds. The fourth-order valence-corrected chi connectivity index (χ4v) is 3.62. The van der Waals surface area contributed by atoms with Gasteiger partial charge in [-0.15, -0.1) is 0 Å². The average molecular weight is 469 g/mol. The van der Waals surface area contributed by atoms with Crippen molar-refractivity contribution in [3.05, 3.63) is 25.3 Å². The van der Waals surface area contributed by atoms with Gasteiger partial charge >= 0.3 is 18.0 Å². The van der Waals surface area contributed by atoms with E-state index in [1.807, 2.05) is 0 Å². The number of hydrogen-bond donors (Lipinski definition) is 2. The first kappa shape index (κ1) is 28.3. The number of nitrogens with zero attached hydrogens (tertiary/aromatic N) is 2. The van der Waals surface area contributed by atoms with Gasteiger partial charge in [-0.2, -0.15) is 0 Å². The second-order valence-electron chi connectivity index (χ2n) is 8.01. The number of carbonyl (C=O) groups excluding carboxylic acids is 4. The molecule has 33 heavy (non-hydrogen) atoms. The summed E-state index contributed by atoms with van der Waals surface area (Å²) in [5.74, 6) is -2.54. The highest BCUT2D eigenvalue weighted by Gasteiger charge is 2.54. The van der Waals surface area contributed by atoms with Gasteiger partial charge in [-0.3, -0.25) is 9.69 Å². The molecule has 186 valence electrons. The maximum atomic E-state index is 13.3. The van der Waals surface area contributed by atoms with E-state index in [4.69, 9.17) is 9.47 Å². The van der Waals surface area contributed by atoms with Gasteiger partial charge < -0.3 is 19.7 Å². The minimum atomic E-state index is -1.61. The van der Waals surface area contributed by atoms with E-state index < -0.39 is 54.6 Å². The van der Waals surface area contributed by atoms with Crippen molar-refractivity contribution in [3.63, 3.8) is 0 Å². The molecule has 2 N–H and O–H groups in total. The van der Waals surface area contributed by atoms with Gasteiger partial charge in [0.25, 0.3) is 5.91 Å². The zero-order chi connectivity index (χ0) is 25.1. The third-order valence-electron chi connectivity index (χ3n) is 5.28. The monoisotopic (exact) mass is 468 g/mol. The highest BCUT2D eigenvalue weighted by molar-refractivity contribution is 6.05. The van der Waals surface area contributed by atoms with Crippen LogP contribution < -0.4 is 0 Å². The number of rotatable bonds is 15. The summed E-state index contributed by atoms with van der Waals surface area (Å²) in [6.45, 7) is 11.3. The van der Waals surface area contributed by atoms with Crippen LogP contribution >= 0.6 is 0 Å². The quantitative estimate of drug-likeness (QED) is 0.162. The molecule has 1 aliphatic rings. The first-order valence-electron chi connectivity index (χ1n) is 11.3. The Morgan fingerprint density at radius 3 is 1.91 bits per heavy atom. The lowest BCUT2D eigenvalue weighted by Gasteiger charge is -2.32. The molecule has 0 aromatic carbocycles. The van der Waals surface area contributed by atoms with Crippen LogP contribution in [0.1, 0.15) is 65.7 Å². The van der Waals surface area contributed by atoms with Crippen molar-refractivity contribution in [2.24, 2.45) is 0 Å². The van der Waals surface area contributed by atoms with E-state index in [0.29, 0.717) is 11.3 Å². The third-order valence-corrected chi connectivity index (χ3v) is 5.28. The van der Waals surface area contributed by atoms with Gasteiger partial charge in [-0.05, 0) is 20.3 Å². The van der Waals surface area contributed by atoms with Crippen LogP contribution in [-0.4, -0.2) is 74.6 Å². The summed E-state index contributed by atoms with van der Waals surface area (Å²) in [4.78, 5) is 51.8. The minimum Gasteiger partial charge on any atom is -0.435 e. The van der Waals surface area contributed by atoms with E-state index in [9.17, 15) is 29.4 Å². The van der Waals surface area contributed by atoms with E-state index in [1.165, 1.54) is 13.8 Å². The Balaban J connectivity index is 3.24. The van der Waals surface area contributed by atoms with E-state index in [2.05, 4.69) is 20.1 Å². The molecule has 0 bridgehead atoms. The average Bonchev–Trinajstić information content (AvgIpc) is 3.01. The van der Waals surface area contributed by atoms with Crippen LogP contribution in [0.4, 0.5) is 4.79 Å². The third kappa shape index (κ3) is 7.68. The van der Waals surface area contributed by atoms with Crippen LogP contribution in [0.25, 0.3) is 0 Å². The molecule has 1 aliphatic heterocycles. The number of aliphatic hydroxyl groups is 2. The molecule has 10 nitrogen and oxygen atoms in total. The van der Waals surface area contributed by atoms with Crippen molar-refractivity contribution in [3.8, 4) is 0 Å². The summed E-state index contributed by atoms with van der Waals surface area (Å²) in [6.07, 6.45) is 1.77. The van der Waals surface area contributed by atoms with Gasteiger partial charge in [0.1, 0.15) is 18.2 Å². The van der Waals surface area contributed by atoms with Gasteiger partial charge in [-0.25, -0.2) is 19.3 Å². The molecule has 5 unspecified atom stereocenters. The normalized spacial score (nSPS) is 19.6. The lowest BCUT2D eigenvalue weighted by atomic mass is 10.0. The number of amides is 3. The summed E-state index contributed by atoms with van der Waals surface area (Å²) >= 11 is 0. The van der Waals surface area contributed by atoms with Gasteiger partial charge in [0, 0.05) is 12.2 Å². The Labute approximate surface area is 194 Å². The molecule has 0 aromatic heterocycles. The maximum absolute atomic E-state index is 13.3. The summed E-state index contributed by atoms with van der Waals surface area (Å²) in [6, 6.07) is -2.04. The molecule has 5 atom stereocenters. The van der Waals surface area contributed by atoms with Crippen molar-refractivity contribution >= 4 is 23.9 Å². The molecule has 1 heterocycles. The SMILES string of the molecule is C=CC(=O)OC(C(C)O)N1C(=O)C(CCCCCCCC)N(C(OC(=O)C=C)C(C)O)C1=O. The number of hydrogen-bond acceptors (Lipinski definition) is 8. The lowest BCUT2D eigenvalue weighted by Crippen LogP contribution is -2.52. The Kier molecular flexibility index (Phi) is 11.8. The number of carbonyl (C=O) groups is 4. The Morgan fingerprint density at radius 2 is 1.42 bits per heavy atom. The smallest absolute Gasteiger partial charge is 0.333 e. The Bertz CT molecular complexity index is 721. The predicted molar refractivity (Wildman–Crippen MR) is 119 cm³/mol. The van der Waals surface area contributed by atoms with Gasteiger partial charge in [-0.1, -0.05) is 58.6 Å². The molecule has 0 saturated carbocycles. The van der Waals surface area contributed by atoms with Crippen molar-refractivity contribution in [2.75, 3.05) is 0 Å². The number of imide groups is 1. The summed E-state index contributed by atoms with van der Waals surface area (Å²) in [5.41, 5.74) is 0. The largest absolute Gasteiger partial charge is 0.435 e. The highest BCUT2D eigenvalue weighted by atomic mass is 16.6. The second kappa shape index (κ2) is 13.7. The number of unbranched alkanes of at least 4 members (excludes halogenated alkanes) is 5. The van der Waals surface area contributed by atoms with Crippen molar-refractivity contribution in [2.45, 2.75) is 96.4 Å². The molecular formula is C23H36N2O8. The molecule has 10 heteroatoms. The van der Waals surface area contributed by atoms with E-state index in [1.54, 1.807) is 0 Å². The van der Waals surface area contributed by atoms with Crippen molar-refractivity contribution < 1.29 is 38.9 Å². The van der Waals surface area contributed by atoms with Crippen LogP contribution in [-0.2, 0) is 23.9 Å². The molecule has 1 rings (SSSR count). The van der Waals surface area contributed by atoms with Crippen LogP contribution in [0.2, 0.25) is 0 Å². The van der Waals surface area contributed by atoms with Crippen LogP contribution in [0.15, 0.2) is 25.3 Å². The van der Waals surface area contributed by atoms with Crippen molar-refractivity contribution in [1.29, 1.82) is 0 Å². The zero-order valence-electron chi connectivity index (χ0n) is 19.6. The fraction of sp³-hybridized carbons (Fsp3) is 0.652. The summed E-state index contributed by atoms with van der Waals surface area (Å²) in [5, 5.41) is 20.4. The Morgan fingerprint density at radius 1 is 0.939 bits per heavy atom. The first-order valence-corrected chi connectivity index (χ1v) is 11.3. The first-order chi connectivity index (χ1) is 15.6. The van der Waals surface area contributed by atoms with Gasteiger partial charge in [0.2, 0.25) is 12.5 Å². The Hall–Kier alpha value is -2.72. The van der Waals surface area contributed by atoms with Gasteiger partial charge in [0.05, 0.1) is 0 Å². The number of aliphatic hydroxyl groups excluding tert-OH is 2. The predicted octanol–water partition coefficient (Wildman–Crippen LogP) is 2.24. The lowest BCUT2D eigenvalue weighted by molar-refractivity contribution is -0.165. The molecule has 0 radical (unpaired) electrons. The van der Waals surface area contributed by atoms with Crippen LogP contribution in [0.3, 0.4) is 0 Å². The molecule has 0 spiro atoms. The number of ether oxygens (including phenoxy) is 2. The van der Waals surface area contributed by atoms with Crippen LogP contribution in [0.5, 0.6) is 0 Å². The molecule has 0 aromatic rings. The molecule has 1 fully saturated rings. The maximum Gasteiger partial charge on any atom is 0.333 e. The highest BCUT2D eigenvalue weighted by Crippen LogP contribution is 2.30. The van der Waals surface area contributed by atoms with E-state index in [0.717, 1.165) is 49.2 Å². The molecular weight excluding hydrogens is 432 g/mol. The van der Waals surface area contributed by atoms with E-state index >= 15 is 0 Å². The number of esters is 2. The minimum absolute atomic E-state index is 0.240. The van der Waals surface area contributed by atoms with Crippen LogP contribution in [0, 0.1) is 0 Å². The summed E-state index contributed by atoms with van der Waals surface area (Å²) < 4.78 is 10.2. The molecule has 0 aliphatic carbocycles. The fourth-order valence-electron chi connectivity index (χ4n) is 3.62. The van der Waals surface area contributed by atoms with Gasteiger partial charge in [0.15, 0.2) is 0 Å². The zero-order valence-corrected chi connectivity index (χ0v) is 19.6. The van der Waals surface area contributed by atoms with Crippen molar-refractivity contribution in [1.82, 2.24) is 9.80 Å². The second-order valence-corrected chi connectivity index (χ2v) is 8.01. The molecule has 1 saturated heterocycles. The standard InChI is InChI=1S/C23H36N2O8/c1-6-9-10-11-12-13-14-17-20(30)25(22(16(5)27)33-19(29)8-3)23(31)24(17)21(15(4)26)32-18(28)7-2/h7-8,15-17,21-22,26-27H,2-3,6,9-14H2,1,4-5H3.